The van der Waals surface area contributed by atoms with Crippen molar-refractivity contribution in [3.63, 3.8) is 0 Å². The third kappa shape index (κ3) is 12.8. The summed E-state index contributed by atoms with van der Waals surface area (Å²) in [5.41, 5.74) is 6.51. The second-order valence-corrected chi connectivity index (χ2v) is 6.50. The standard InChI is InChI=1S/C17H21IN2O4.C2HF3O2/c1-12(19)16(21)20-15(17(22)23-10-6-9-18)13(2)24-11-14-7-4-3-5-8-14;3-2(4,5)1(6)7/h3-5,7-8,12-13,15H,10-11,19H2,1-2H3,(H,20,21);(H,6,7)/t12-,13+,15-;/m0./s1. The molecular formula is C19H22F3IN2O6. The Hall–Kier alpha value is -2.37. The number of rotatable bonds is 8. The Balaban J connectivity index is 0.00000110. The van der Waals surface area contributed by atoms with Gasteiger partial charge in [0.2, 0.25) is 5.91 Å². The first-order chi connectivity index (χ1) is 14.4. The molecule has 172 valence electrons. The molecule has 4 N–H and O–H groups in total. The van der Waals surface area contributed by atoms with Gasteiger partial charge in [0.15, 0.2) is 12.6 Å². The number of halogens is 4. The zero-order valence-electron chi connectivity index (χ0n) is 16.6. The van der Waals surface area contributed by atoms with E-state index >= 15 is 0 Å². The van der Waals surface area contributed by atoms with Crippen molar-refractivity contribution in [1.29, 1.82) is 0 Å². The molecule has 0 aliphatic heterocycles. The summed E-state index contributed by atoms with van der Waals surface area (Å²) in [5, 5.41) is 9.69. The Bertz CT molecular complexity index is 778. The summed E-state index contributed by atoms with van der Waals surface area (Å²) in [4.78, 5) is 32.9. The fourth-order valence-corrected chi connectivity index (χ4v) is 1.93. The average molecular weight is 558 g/mol. The predicted molar refractivity (Wildman–Crippen MR) is 113 cm³/mol. The van der Waals surface area contributed by atoms with Crippen LogP contribution in [-0.4, -0.2) is 53.9 Å². The van der Waals surface area contributed by atoms with Gasteiger partial charge in [-0.05, 0) is 23.3 Å². The number of carboxylic acids is 1. The summed E-state index contributed by atoms with van der Waals surface area (Å²) >= 11 is 1.85. The molecule has 12 heteroatoms. The van der Waals surface area contributed by atoms with Gasteiger partial charge in [-0.1, -0.05) is 36.3 Å². The lowest BCUT2D eigenvalue weighted by molar-refractivity contribution is -0.192. The summed E-state index contributed by atoms with van der Waals surface area (Å²) in [6.45, 7) is 3.50. The van der Waals surface area contributed by atoms with Crippen molar-refractivity contribution in [3.8, 4) is 9.85 Å². The topological polar surface area (TPSA) is 128 Å². The third-order valence-electron chi connectivity index (χ3n) is 3.39. The van der Waals surface area contributed by atoms with E-state index in [0.29, 0.717) is 6.61 Å². The summed E-state index contributed by atoms with van der Waals surface area (Å²) in [6, 6.07) is 7.84. The first-order valence-corrected chi connectivity index (χ1v) is 9.74. The molecule has 0 fully saturated rings. The van der Waals surface area contributed by atoms with Crippen LogP contribution in [0, 0.1) is 9.85 Å². The SMILES string of the molecule is C[C@H](N)C(=O)N[C@H](C(=O)OCC#CI)[C@@H](C)OCc1ccccc1.O=C(O)C(F)(F)F. The van der Waals surface area contributed by atoms with Crippen molar-refractivity contribution in [2.75, 3.05) is 6.61 Å². The number of amides is 1. The van der Waals surface area contributed by atoms with Crippen LogP contribution in [0.4, 0.5) is 13.2 Å². The van der Waals surface area contributed by atoms with E-state index in [9.17, 15) is 22.8 Å². The quantitative estimate of drug-likeness (QED) is 0.253. The molecule has 0 saturated heterocycles. The molecule has 0 aliphatic rings. The molecule has 3 atom stereocenters. The van der Waals surface area contributed by atoms with Gasteiger partial charge in [0, 0.05) is 22.6 Å². The molecule has 0 spiro atoms. The van der Waals surface area contributed by atoms with E-state index in [1.165, 1.54) is 6.92 Å². The molecule has 1 amide bonds. The van der Waals surface area contributed by atoms with E-state index in [-0.39, 0.29) is 6.61 Å². The zero-order chi connectivity index (χ0) is 24.0. The van der Waals surface area contributed by atoms with Crippen LogP contribution < -0.4 is 11.1 Å². The van der Waals surface area contributed by atoms with Gasteiger partial charge in [-0.15, -0.1) is 0 Å². The van der Waals surface area contributed by atoms with Crippen molar-refractivity contribution in [3.05, 3.63) is 35.9 Å². The number of nitrogens with one attached hydrogen (secondary N) is 1. The highest BCUT2D eigenvalue weighted by molar-refractivity contribution is 14.1. The van der Waals surface area contributed by atoms with Crippen LogP contribution in [0.5, 0.6) is 0 Å². The van der Waals surface area contributed by atoms with Gasteiger partial charge in [-0.3, -0.25) is 4.79 Å². The molecule has 8 nitrogen and oxygen atoms in total. The van der Waals surface area contributed by atoms with Gasteiger partial charge in [-0.25, -0.2) is 9.59 Å². The minimum Gasteiger partial charge on any atom is -0.475 e. The monoisotopic (exact) mass is 558 g/mol. The van der Waals surface area contributed by atoms with E-state index < -0.39 is 42.2 Å². The zero-order valence-corrected chi connectivity index (χ0v) is 18.8. The van der Waals surface area contributed by atoms with Crippen molar-refractivity contribution in [1.82, 2.24) is 5.32 Å². The molecule has 1 rings (SSSR count). The second-order valence-electron chi connectivity index (χ2n) is 5.96. The minimum absolute atomic E-state index is 0.0439. The van der Waals surface area contributed by atoms with Crippen molar-refractivity contribution < 1.29 is 42.1 Å². The van der Waals surface area contributed by atoms with Gasteiger partial charge < -0.3 is 25.6 Å². The van der Waals surface area contributed by atoms with Gasteiger partial charge in [-0.2, -0.15) is 13.2 Å². The highest BCUT2D eigenvalue weighted by Gasteiger charge is 2.38. The lowest BCUT2D eigenvalue weighted by atomic mass is 10.1. The van der Waals surface area contributed by atoms with Crippen LogP contribution in [0.15, 0.2) is 30.3 Å². The molecule has 0 saturated carbocycles. The Morgan fingerprint density at radius 3 is 2.23 bits per heavy atom. The number of carboxylic acid groups (broad SMARTS) is 1. The molecule has 31 heavy (non-hydrogen) atoms. The number of carbonyl (C=O) groups excluding carboxylic acids is 2. The van der Waals surface area contributed by atoms with Crippen LogP contribution in [0.2, 0.25) is 0 Å². The van der Waals surface area contributed by atoms with E-state index in [2.05, 4.69) is 15.2 Å². The molecule has 0 bridgehead atoms. The van der Waals surface area contributed by atoms with Crippen LogP contribution >= 0.6 is 22.6 Å². The molecular weight excluding hydrogens is 536 g/mol. The van der Waals surface area contributed by atoms with Gasteiger partial charge in [0.05, 0.1) is 18.8 Å². The Kier molecular flexibility index (Phi) is 13.5. The van der Waals surface area contributed by atoms with E-state index in [1.807, 2.05) is 52.9 Å². The Morgan fingerprint density at radius 2 is 1.77 bits per heavy atom. The number of alkyl halides is 3. The molecule has 1 aromatic rings. The third-order valence-corrected chi connectivity index (χ3v) is 3.77. The number of hydrogen-bond donors (Lipinski definition) is 3. The van der Waals surface area contributed by atoms with E-state index in [0.717, 1.165) is 5.56 Å². The van der Waals surface area contributed by atoms with Gasteiger partial charge >= 0.3 is 18.1 Å². The second kappa shape index (κ2) is 14.6. The Morgan fingerprint density at radius 1 is 1.23 bits per heavy atom. The van der Waals surface area contributed by atoms with E-state index in [1.54, 1.807) is 6.92 Å². The molecule has 0 unspecified atom stereocenters. The van der Waals surface area contributed by atoms with E-state index in [4.69, 9.17) is 25.1 Å². The fourth-order valence-electron chi connectivity index (χ4n) is 1.78. The summed E-state index contributed by atoms with van der Waals surface area (Å²) in [7, 11) is 0. The Labute approximate surface area is 190 Å². The summed E-state index contributed by atoms with van der Waals surface area (Å²) in [6.07, 6.45) is -5.67. The lowest BCUT2D eigenvalue weighted by Crippen LogP contribution is -2.53. The summed E-state index contributed by atoms with van der Waals surface area (Å²) < 4.78 is 45.1. The number of hydrogen-bond acceptors (Lipinski definition) is 6. The van der Waals surface area contributed by atoms with Gasteiger partial charge in [0.1, 0.15) is 0 Å². The van der Waals surface area contributed by atoms with Crippen molar-refractivity contribution >= 4 is 40.4 Å². The average Bonchev–Trinajstić information content (AvgIpc) is 2.70. The molecule has 0 heterocycles. The number of aliphatic carboxylic acids is 1. The fraction of sp³-hybridized carbons (Fsp3) is 0.421. The first-order valence-electron chi connectivity index (χ1n) is 8.66. The number of benzene rings is 1. The maximum absolute atomic E-state index is 12.2. The normalized spacial score (nSPS) is 13.3. The maximum atomic E-state index is 12.2. The number of carbonyl (C=O) groups is 3. The molecule has 0 aliphatic carbocycles. The smallest absolute Gasteiger partial charge is 0.475 e. The highest BCUT2D eigenvalue weighted by atomic mass is 127. The number of nitrogens with two attached hydrogens (primary N) is 1. The summed E-state index contributed by atoms with van der Waals surface area (Å²) in [5.74, 6) is -1.19. The van der Waals surface area contributed by atoms with Crippen LogP contribution in [0.1, 0.15) is 19.4 Å². The maximum Gasteiger partial charge on any atom is 0.490 e. The van der Waals surface area contributed by atoms with Crippen LogP contribution in [0.3, 0.4) is 0 Å². The minimum atomic E-state index is -5.08. The number of ether oxygens (including phenoxy) is 2. The predicted octanol–water partition coefficient (Wildman–Crippen LogP) is 2.00. The molecule has 0 aromatic heterocycles. The van der Waals surface area contributed by atoms with Crippen molar-refractivity contribution in [2.24, 2.45) is 5.73 Å². The lowest BCUT2D eigenvalue weighted by Gasteiger charge is -2.24. The number of esters is 1. The first kappa shape index (κ1) is 28.6. The van der Waals surface area contributed by atoms with Crippen LogP contribution in [-0.2, 0) is 30.5 Å². The van der Waals surface area contributed by atoms with Crippen molar-refractivity contribution in [2.45, 2.75) is 44.8 Å². The highest BCUT2D eigenvalue weighted by Crippen LogP contribution is 2.13. The molecule has 0 radical (unpaired) electrons. The van der Waals surface area contributed by atoms with Gasteiger partial charge in [0.25, 0.3) is 0 Å². The van der Waals surface area contributed by atoms with Crippen LogP contribution in [0.25, 0.3) is 0 Å². The largest absolute Gasteiger partial charge is 0.490 e. The molecule has 1 aromatic carbocycles.